The molecule has 0 radical (unpaired) electrons. The van der Waals surface area contributed by atoms with Crippen molar-refractivity contribution in [3.63, 3.8) is 0 Å². The highest BCUT2D eigenvalue weighted by Crippen LogP contribution is 2.24. The molecule has 0 fully saturated rings. The van der Waals surface area contributed by atoms with E-state index >= 15 is 0 Å². The highest BCUT2D eigenvalue weighted by Gasteiger charge is 2.17. The van der Waals surface area contributed by atoms with Gasteiger partial charge in [-0.15, -0.1) is 0 Å². The van der Waals surface area contributed by atoms with Crippen LogP contribution in [-0.2, 0) is 0 Å². The molecule has 0 heterocycles. The minimum Gasteiger partial charge on any atom is -0.388 e. The maximum atomic E-state index is 13.1. The lowest BCUT2D eigenvalue weighted by Crippen LogP contribution is -2.03. The molecule has 0 saturated carbocycles. The monoisotopic (exact) mass is 204 g/mol. The Hall–Kier alpha value is -1.03. The van der Waals surface area contributed by atoms with Crippen LogP contribution in [0.1, 0.15) is 31.4 Å². The maximum absolute atomic E-state index is 13.1. The van der Waals surface area contributed by atoms with Crippen molar-refractivity contribution in [1.29, 1.82) is 0 Å². The first kappa shape index (κ1) is 11.0. The van der Waals surface area contributed by atoms with E-state index in [-0.39, 0.29) is 12.0 Å². The van der Waals surface area contributed by atoms with E-state index in [0.29, 0.717) is 12.5 Å². The normalized spacial score (nSPS) is 12.9. The summed E-state index contributed by atoms with van der Waals surface area (Å²) in [5.74, 6) is -3.32. The summed E-state index contributed by atoms with van der Waals surface area (Å²) in [6.07, 6.45) is -0.261. The zero-order valence-electron chi connectivity index (χ0n) is 7.73. The number of aliphatic hydroxyl groups is 1. The number of halogens is 3. The largest absolute Gasteiger partial charge is 0.388 e. The molecule has 4 heteroatoms. The molecule has 0 spiro atoms. The van der Waals surface area contributed by atoms with Crippen molar-refractivity contribution in [1.82, 2.24) is 0 Å². The number of benzene rings is 1. The van der Waals surface area contributed by atoms with Crippen LogP contribution in [0.5, 0.6) is 0 Å². The SMILES string of the molecule is CCCC(O)c1cc(F)cc(F)c1F. The van der Waals surface area contributed by atoms with Crippen LogP contribution < -0.4 is 0 Å². The van der Waals surface area contributed by atoms with E-state index in [1.807, 2.05) is 0 Å². The van der Waals surface area contributed by atoms with Gasteiger partial charge in [-0.1, -0.05) is 13.3 Å². The smallest absolute Gasteiger partial charge is 0.164 e. The summed E-state index contributed by atoms with van der Waals surface area (Å²) in [7, 11) is 0. The molecule has 78 valence electrons. The summed E-state index contributed by atoms with van der Waals surface area (Å²) >= 11 is 0. The van der Waals surface area contributed by atoms with E-state index in [4.69, 9.17) is 0 Å². The summed E-state index contributed by atoms with van der Waals surface area (Å²) in [4.78, 5) is 0. The van der Waals surface area contributed by atoms with Crippen molar-refractivity contribution < 1.29 is 18.3 Å². The molecule has 1 nitrogen and oxygen atoms in total. The Morgan fingerprint density at radius 2 is 1.93 bits per heavy atom. The fourth-order valence-corrected chi connectivity index (χ4v) is 1.25. The summed E-state index contributed by atoms with van der Waals surface area (Å²) < 4.78 is 38.5. The molecule has 0 amide bonds. The van der Waals surface area contributed by atoms with Gasteiger partial charge >= 0.3 is 0 Å². The van der Waals surface area contributed by atoms with Gasteiger partial charge in [0.15, 0.2) is 11.6 Å². The van der Waals surface area contributed by atoms with Gasteiger partial charge in [-0.2, -0.15) is 0 Å². The highest BCUT2D eigenvalue weighted by molar-refractivity contribution is 5.22. The van der Waals surface area contributed by atoms with Crippen molar-refractivity contribution >= 4 is 0 Å². The van der Waals surface area contributed by atoms with Gasteiger partial charge in [0.05, 0.1) is 6.10 Å². The Balaban J connectivity index is 3.07. The summed E-state index contributed by atoms with van der Waals surface area (Å²) in [6.45, 7) is 1.79. The number of rotatable bonds is 3. The van der Waals surface area contributed by atoms with Gasteiger partial charge < -0.3 is 5.11 Å². The second kappa shape index (κ2) is 4.46. The van der Waals surface area contributed by atoms with Gasteiger partial charge in [-0.05, 0) is 12.5 Å². The highest BCUT2D eigenvalue weighted by atomic mass is 19.2. The fourth-order valence-electron chi connectivity index (χ4n) is 1.25. The average molecular weight is 204 g/mol. The average Bonchev–Trinajstić information content (AvgIpc) is 2.11. The zero-order valence-corrected chi connectivity index (χ0v) is 7.73. The predicted molar refractivity (Wildman–Crippen MR) is 46.2 cm³/mol. The first-order valence-electron chi connectivity index (χ1n) is 4.38. The number of hydrogen-bond acceptors (Lipinski definition) is 1. The van der Waals surface area contributed by atoms with Crippen LogP contribution in [0.25, 0.3) is 0 Å². The molecular weight excluding hydrogens is 193 g/mol. The van der Waals surface area contributed by atoms with E-state index in [2.05, 4.69) is 0 Å². The molecule has 14 heavy (non-hydrogen) atoms. The van der Waals surface area contributed by atoms with E-state index in [9.17, 15) is 18.3 Å². The van der Waals surface area contributed by atoms with Crippen LogP contribution in [0.3, 0.4) is 0 Å². The molecule has 0 aliphatic carbocycles. The second-order valence-electron chi connectivity index (χ2n) is 3.10. The van der Waals surface area contributed by atoms with E-state index in [1.165, 1.54) is 0 Å². The summed E-state index contributed by atoms with van der Waals surface area (Å²) in [5.41, 5.74) is -0.315. The molecular formula is C10H11F3O. The van der Waals surface area contributed by atoms with Crippen molar-refractivity contribution in [2.24, 2.45) is 0 Å². The molecule has 1 aromatic rings. The fraction of sp³-hybridized carbons (Fsp3) is 0.400. The summed E-state index contributed by atoms with van der Waals surface area (Å²) in [5, 5.41) is 9.38. The van der Waals surface area contributed by atoms with Gasteiger partial charge in [-0.3, -0.25) is 0 Å². The lowest BCUT2D eigenvalue weighted by Gasteiger charge is -2.10. The van der Waals surface area contributed by atoms with Gasteiger partial charge in [0.2, 0.25) is 0 Å². The minimum absolute atomic E-state index is 0.278. The first-order valence-corrected chi connectivity index (χ1v) is 4.38. The van der Waals surface area contributed by atoms with E-state index in [0.717, 1.165) is 6.07 Å². The van der Waals surface area contributed by atoms with Crippen molar-refractivity contribution in [3.8, 4) is 0 Å². The van der Waals surface area contributed by atoms with Gasteiger partial charge in [0, 0.05) is 11.6 Å². The lowest BCUT2D eigenvalue weighted by molar-refractivity contribution is 0.160. The Morgan fingerprint density at radius 3 is 2.50 bits per heavy atom. The van der Waals surface area contributed by atoms with Crippen LogP contribution in [0.15, 0.2) is 12.1 Å². The molecule has 0 bridgehead atoms. The van der Waals surface area contributed by atoms with Crippen LogP contribution in [0.2, 0.25) is 0 Å². The molecule has 1 N–H and O–H groups in total. The quantitative estimate of drug-likeness (QED) is 0.750. The molecule has 1 atom stereocenters. The Morgan fingerprint density at radius 1 is 1.29 bits per heavy atom. The van der Waals surface area contributed by atoms with E-state index < -0.39 is 23.6 Å². The molecule has 1 rings (SSSR count). The maximum Gasteiger partial charge on any atom is 0.164 e. The standard InChI is InChI=1S/C10H11F3O/c1-2-3-9(14)7-4-6(11)5-8(12)10(7)13/h4-5,9,14H,2-3H2,1H3. The van der Waals surface area contributed by atoms with Crippen LogP contribution in [0, 0.1) is 17.5 Å². The third kappa shape index (κ3) is 2.26. The molecule has 1 unspecified atom stereocenters. The topological polar surface area (TPSA) is 20.2 Å². The Kier molecular flexibility index (Phi) is 3.52. The molecule has 0 aromatic heterocycles. The van der Waals surface area contributed by atoms with E-state index in [1.54, 1.807) is 6.92 Å². The van der Waals surface area contributed by atoms with Crippen molar-refractivity contribution in [2.45, 2.75) is 25.9 Å². The minimum atomic E-state index is -1.27. The predicted octanol–water partition coefficient (Wildman–Crippen LogP) is 2.94. The molecule has 0 aliphatic rings. The third-order valence-corrected chi connectivity index (χ3v) is 1.94. The number of hydrogen-bond donors (Lipinski definition) is 1. The van der Waals surface area contributed by atoms with Gasteiger partial charge in [-0.25, -0.2) is 13.2 Å². The lowest BCUT2D eigenvalue weighted by atomic mass is 10.0. The Labute approximate surface area is 80.2 Å². The first-order chi connectivity index (χ1) is 6.56. The van der Waals surface area contributed by atoms with Crippen LogP contribution in [0.4, 0.5) is 13.2 Å². The van der Waals surface area contributed by atoms with Gasteiger partial charge in [0.1, 0.15) is 5.82 Å². The van der Waals surface area contributed by atoms with Gasteiger partial charge in [0.25, 0.3) is 0 Å². The van der Waals surface area contributed by atoms with Crippen molar-refractivity contribution in [3.05, 3.63) is 35.1 Å². The third-order valence-electron chi connectivity index (χ3n) is 1.94. The molecule has 0 saturated heterocycles. The molecule has 1 aromatic carbocycles. The Bertz CT molecular complexity index is 325. The number of aliphatic hydroxyl groups excluding tert-OH is 1. The molecule has 0 aliphatic heterocycles. The zero-order chi connectivity index (χ0) is 10.7. The summed E-state index contributed by atoms with van der Waals surface area (Å²) in [6, 6.07) is 1.27. The van der Waals surface area contributed by atoms with Crippen molar-refractivity contribution in [2.75, 3.05) is 0 Å². The van der Waals surface area contributed by atoms with Crippen LogP contribution >= 0.6 is 0 Å². The second-order valence-corrected chi connectivity index (χ2v) is 3.10. The van der Waals surface area contributed by atoms with Crippen LogP contribution in [-0.4, -0.2) is 5.11 Å².